The second-order valence-corrected chi connectivity index (χ2v) is 4.67. The second-order valence-electron chi connectivity index (χ2n) is 3.35. The number of hydrogen-bond donors (Lipinski definition) is 1. The zero-order valence-corrected chi connectivity index (χ0v) is 11.1. The molecule has 2 heterocycles. The summed E-state index contributed by atoms with van der Waals surface area (Å²) in [4.78, 5) is 17.4. The lowest BCUT2D eigenvalue weighted by molar-refractivity contribution is 0.341. The van der Waals surface area contributed by atoms with Gasteiger partial charge < -0.3 is 14.8 Å². The van der Waals surface area contributed by atoms with Gasteiger partial charge >= 0.3 is 12.0 Å². The minimum Gasteiger partial charge on any atom is -0.467 e. The molecule has 2 aromatic rings. The molecule has 0 bridgehead atoms. The highest BCUT2D eigenvalue weighted by atomic mass is 32.1. The molecule has 0 saturated heterocycles. The summed E-state index contributed by atoms with van der Waals surface area (Å²) < 4.78 is 9.92. The number of aryl methyl sites for hydroxylation is 1. The van der Waals surface area contributed by atoms with Gasteiger partial charge in [0.25, 0.3) is 0 Å². The van der Waals surface area contributed by atoms with Gasteiger partial charge in [-0.3, -0.25) is 0 Å². The van der Waals surface area contributed by atoms with Crippen molar-refractivity contribution in [1.82, 2.24) is 19.9 Å². The molecular formula is C10H13N5O2S. The summed E-state index contributed by atoms with van der Waals surface area (Å²) in [6.07, 6.45) is 1.83. The van der Waals surface area contributed by atoms with Crippen LogP contribution in [0.1, 0.15) is 9.88 Å². The van der Waals surface area contributed by atoms with E-state index in [9.17, 15) is 0 Å². The Labute approximate surface area is 108 Å². The van der Waals surface area contributed by atoms with E-state index in [0.717, 1.165) is 9.88 Å². The van der Waals surface area contributed by atoms with Gasteiger partial charge in [0.2, 0.25) is 5.95 Å². The van der Waals surface area contributed by atoms with Crippen LogP contribution in [0.15, 0.2) is 6.20 Å². The molecule has 8 heteroatoms. The molecule has 18 heavy (non-hydrogen) atoms. The third-order valence-electron chi connectivity index (χ3n) is 2.03. The lowest BCUT2D eigenvalue weighted by Crippen LogP contribution is -2.07. The fourth-order valence-electron chi connectivity index (χ4n) is 1.24. The first-order valence-electron chi connectivity index (χ1n) is 5.20. The maximum atomic E-state index is 4.96. The molecule has 0 radical (unpaired) electrons. The Kier molecular flexibility index (Phi) is 3.88. The van der Waals surface area contributed by atoms with E-state index in [1.54, 1.807) is 11.3 Å². The van der Waals surface area contributed by atoms with Crippen molar-refractivity contribution in [3.05, 3.63) is 16.1 Å². The average Bonchev–Trinajstić information content (AvgIpc) is 2.81. The zero-order valence-electron chi connectivity index (χ0n) is 10.3. The molecule has 2 aromatic heterocycles. The van der Waals surface area contributed by atoms with Gasteiger partial charge in [-0.25, -0.2) is 4.98 Å². The van der Waals surface area contributed by atoms with Crippen molar-refractivity contribution < 1.29 is 9.47 Å². The molecule has 0 fully saturated rings. The van der Waals surface area contributed by atoms with Crippen molar-refractivity contribution in [2.45, 2.75) is 13.5 Å². The van der Waals surface area contributed by atoms with Crippen LogP contribution in [0, 0.1) is 6.92 Å². The Morgan fingerprint density at radius 1 is 1.17 bits per heavy atom. The molecule has 0 atom stereocenters. The number of rotatable bonds is 5. The van der Waals surface area contributed by atoms with E-state index >= 15 is 0 Å². The van der Waals surface area contributed by atoms with E-state index in [0.29, 0.717) is 12.5 Å². The van der Waals surface area contributed by atoms with Crippen LogP contribution in [0.5, 0.6) is 12.0 Å². The number of hydrogen-bond acceptors (Lipinski definition) is 8. The van der Waals surface area contributed by atoms with Crippen molar-refractivity contribution in [2.75, 3.05) is 19.5 Å². The summed E-state index contributed by atoms with van der Waals surface area (Å²) in [7, 11) is 2.98. The van der Waals surface area contributed by atoms with Crippen molar-refractivity contribution in [2.24, 2.45) is 0 Å². The summed E-state index contributed by atoms with van der Waals surface area (Å²) in [5, 5.41) is 4.01. The summed E-state index contributed by atoms with van der Waals surface area (Å²) in [6.45, 7) is 2.56. The van der Waals surface area contributed by atoms with Gasteiger partial charge in [-0.05, 0) is 6.92 Å². The van der Waals surface area contributed by atoms with Crippen molar-refractivity contribution in [3.8, 4) is 12.0 Å². The molecule has 7 nitrogen and oxygen atoms in total. The molecular weight excluding hydrogens is 254 g/mol. The number of nitrogens with zero attached hydrogens (tertiary/aromatic N) is 4. The first kappa shape index (κ1) is 12.5. The van der Waals surface area contributed by atoms with Gasteiger partial charge in [0, 0.05) is 11.1 Å². The monoisotopic (exact) mass is 267 g/mol. The standard InChI is InChI=1S/C10H13N5O2S/c1-6-4-11-7(18-6)5-12-8-13-9(16-2)15-10(14-8)17-3/h4H,5H2,1-3H3,(H,12,13,14,15). The van der Waals surface area contributed by atoms with E-state index < -0.39 is 0 Å². The highest BCUT2D eigenvalue weighted by Crippen LogP contribution is 2.15. The lowest BCUT2D eigenvalue weighted by Gasteiger charge is -2.05. The Balaban J connectivity index is 2.08. The lowest BCUT2D eigenvalue weighted by atomic mass is 10.6. The largest absolute Gasteiger partial charge is 0.467 e. The molecule has 0 spiro atoms. The molecule has 0 aromatic carbocycles. The predicted molar refractivity (Wildman–Crippen MR) is 67.1 cm³/mol. The molecule has 0 aliphatic rings. The van der Waals surface area contributed by atoms with Crippen LogP contribution in [0.4, 0.5) is 5.95 Å². The molecule has 0 aliphatic carbocycles. The zero-order chi connectivity index (χ0) is 13.0. The van der Waals surface area contributed by atoms with Crippen LogP contribution in [0.2, 0.25) is 0 Å². The normalized spacial score (nSPS) is 10.2. The van der Waals surface area contributed by atoms with Crippen molar-refractivity contribution in [1.29, 1.82) is 0 Å². The number of nitrogens with one attached hydrogen (secondary N) is 1. The van der Waals surface area contributed by atoms with Gasteiger partial charge in [0.1, 0.15) is 5.01 Å². The molecule has 1 N–H and O–H groups in total. The number of anilines is 1. The highest BCUT2D eigenvalue weighted by Gasteiger charge is 2.07. The SMILES string of the molecule is COc1nc(NCc2ncc(C)s2)nc(OC)n1. The number of methoxy groups -OCH3 is 2. The third-order valence-corrected chi connectivity index (χ3v) is 2.94. The quantitative estimate of drug-likeness (QED) is 0.873. The number of aromatic nitrogens is 4. The van der Waals surface area contributed by atoms with Gasteiger partial charge in [-0.15, -0.1) is 16.3 Å². The van der Waals surface area contributed by atoms with Gasteiger partial charge in [-0.2, -0.15) is 9.97 Å². The number of ether oxygens (including phenoxy) is 2. The minimum absolute atomic E-state index is 0.208. The molecule has 0 amide bonds. The Bertz CT molecular complexity index is 508. The molecule has 0 saturated carbocycles. The van der Waals surface area contributed by atoms with Crippen LogP contribution >= 0.6 is 11.3 Å². The Morgan fingerprint density at radius 2 is 1.83 bits per heavy atom. The highest BCUT2D eigenvalue weighted by molar-refractivity contribution is 7.11. The van der Waals surface area contributed by atoms with Crippen LogP contribution in [-0.2, 0) is 6.54 Å². The molecule has 0 unspecified atom stereocenters. The van der Waals surface area contributed by atoms with Crippen LogP contribution in [0.3, 0.4) is 0 Å². The van der Waals surface area contributed by atoms with Crippen LogP contribution in [-0.4, -0.2) is 34.2 Å². The average molecular weight is 267 g/mol. The van der Waals surface area contributed by atoms with Crippen LogP contribution in [0.25, 0.3) is 0 Å². The number of thiazole rings is 1. The molecule has 2 rings (SSSR count). The minimum atomic E-state index is 0.208. The van der Waals surface area contributed by atoms with Gasteiger partial charge in [0.05, 0.1) is 20.8 Å². The topological polar surface area (TPSA) is 82.0 Å². The van der Waals surface area contributed by atoms with Crippen molar-refractivity contribution >= 4 is 17.3 Å². The third kappa shape index (κ3) is 3.04. The molecule has 96 valence electrons. The fraction of sp³-hybridized carbons (Fsp3) is 0.400. The van der Waals surface area contributed by atoms with E-state index in [4.69, 9.17) is 9.47 Å². The van der Waals surface area contributed by atoms with E-state index in [2.05, 4.69) is 25.3 Å². The summed E-state index contributed by atoms with van der Waals surface area (Å²) in [5.74, 6) is 0.395. The summed E-state index contributed by atoms with van der Waals surface area (Å²) in [5.41, 5.74) is 0. The maximum absolute atomic E-state index is 4.96. The Hall–Kier alpha value is -1.96. The second kappa shape index (κ2) is 5.58. The first-order valence-corrected chi connectivity index (χ1v) is 6.02. The smallest absolute Gasteiger partial charge is 0.324 e. The summed E-state index contributed by atoms with van der Waals surface area (Å²) >= 11 is 1.62. The predicted octanol–water partition coefficient (Wildman–Crippen LogP) is 1.27. The van der Waals surface area contributed by atoms with Crippen LogP contribution < -0.4 is 14.8 Å². The van der Waals surface area contributed by atoms with E-state index in [1.807, 2.05) is 13.1 Å². The van der Waals surface area contributed by atoms with E-state index in [1.165, 1.54) is 14.2 Å². The van der Waals surface area contributed by atoms with Gasteiger partial charge in [0.15, 0.2) is 0 Å². The maximum Gasteiger partial charge on any atom is 0.324 e. The Morgan fingerprint density at radius 3 is 2.33 bits per heavy atom. The van der Waals surface area contributed by atoms with Gasteiger partial charge in [-0.1, -0.05) is 0 Å². The molecule has 0 aliphatic heterocycles. The first-order chi connectivity index (χ1) is 8.71. The summed E-state index contributed by atoms with van der Waals surface area (Å²) in [6, 6.07) is 0.416. The fourth-order valence-corrected chi connectivity index (χ4v) is 1.96. The van der Waals surface area contributed by atoms with E-state index in [-0.39, 0.29) is 12.0 Å². The van der Waals surface area contributed by atoms with Crippen molar-refractivity contribution in [3.63, 3.8) is 0 Å².